The van der Waals surface area contributed by atoms with Crippen molar-refractivity contribution in [2.24, 2.45) is 0 Å². The van der Waals surface area contributed by atoms with Crippen molar-refractivity contribution < 1.29 is 9.90 Å². The summed E-state index contributed by atoms with van der Waals surface area (Å²) in [5, 5.41) is 19.7. The molecule has 0 spiro atoms. The molecule has 0 aliphatic carbocycles. The summed E-state index contributed by atoms with van der Waals surface area (Å²) in [7, 11) is 0. The summed E-state index contributed by atoms with van der Waals surface area (Å²) in [6.45, 7) is 0. The molecular weight excluding hydrogens is 347 g/mol. The van der Waals surface area contributed by atoms with Crippen molar-refractivity contribution in [2.75, 3.05) is 0 Å². The van der Waals surface area contributed by atoms with Crippen LogP contribution in [0.1, 0.15) is 21.5 Å². The molecule has 0 amide bonds. The molecule has 24 heavy (non-hydrogen) atoms. The lowest BCUT2D eigenvalue weighted by Crippen LogP contribution is -2.03. The van der Waals surface area contributed by atoms with Gasteiger partial charge in [-0.3, -0.25) is 10.2 Å². The SMILES string of the molecule is N=C(c1ccc(Cl)cc1)c1c(O)[nH]c(-c2ccc(Cl)cc2)c1C=O. The molecule has 0 atom stereocenters. The van der Waals surface area contributed by atoms with E-state index in [1.54, 1.807) is 48.5 Å². The monoisotopic (exact) mass is 358 g/mol. The molecule has 3 rings (SSSR count). The summed E-state index contributed by atoms with van der Waals surface area (Å²) in [5.41, 5.74) is 2.06. The molecule has 0 radical (unpaired) electrons. The normalized spacial score (nSPS) is 10.6. The number of carbonyl (C=O) groups is 1. The second-order valence-electron chi connectivity index (χ2n) is 5.14. The Morgan fingerprint density at radius 2 is 1.54 bits per heavy atom. The number of aromatic hydroxyl groups is 1. The average molecular weight is 359 g/mol. The molecule has 3 N–H and O–H groups in total. The molecule has 4 nitrogen and oxygen atoms in total. The van der Waals surface area contributed by atoms with Crippen LogP contribution in [0.25, 0.3) is 11.3 Å². The van der Waals surface area contributed by atoms with Crippen LogP contribution in [0.4, 0.5) is 0 Å². The zero-order valence-electron chi connectivity index (χ0n) is 12.3. The Hall–Kier alpha value is -2.56. The van der Waals surface area contributed by atoms with Crippen LogP contribution in [0, 0.1) is 5.41 Å². The fourth-order valence-electron chi connectivity index (χ4n) is 2.48. The Kier molecular flexibility index (Phi) is 4.42. The summed E-state index contributed by atoms with van der Waals surface area (Å²) in [5.74, 6) is -0.234. The minimum Gasteiger partial charge on any atom is -0.494 e. The topological polar surface area (TPSA) is 76.9 Å². The van der Waals surface area contributed by atoms with E-state index in [1.807, 2.05) is 0 Å². The van der Waals surface area contributed by atoms with Crippen LogP contribution in [0.3, 0.4) is 0 Å². The van der Waals surface area contributed by atoms with E-state index in [-0.39, 0.29) is 22.7 Å². The maximum absolute atomic E-state index is 11.6. The second-order valence-corrected chi connectivity index (χ2v) is 6.02. The van der Waals surface area contributed by atoms with E-state index >= 15 is 0 Å². The van der Waals surface area contributed by atoms with Gasteiger partial charge >= 0.3 is 0 Å². The van der Waals surface area contributed by atoms with Gasteiger partial charge in [0.25, 0.3) is 0 Å². The van der Waals surface area contributed by atoms with Gasteiger partial charge in [0.1, 0.15) is 0 Å². The molecule has 0 saturated heterocycles. The number of halogens is 2. The molecular formula is C18H12Cl2N2O2. The van der Waals surface area contributed by atoms with Gasteiger partial charge in [-0.15, -0.1) is 0 Å². The Morgan fingerprint density at radius 1 is 1.00 bits per heavy atom. The van der Waals surface area contributed by atoms with E-state index in [0.717, 1.165) is 0 Å². The highest BCUT2D eigenvalue weighted by atomic mass is 35.5. The van der Waals surface area contributed by atoms with Gasteiger partial charge in [-0.2, -0.15) is 0 Å². The molecule has 0 fully saturated rings. The highest BCUT2D eigenvalue weighted by Gasteiger charge is 2.22. The second kappa shape index (κ2) is 6.51. The van der Waals surface area contributed by atoms with Crippen LogP contribution in [0.5, 0.6) is 5.88 Å². The first-order valence-corrected chi connectivity index (χ1v) is 7.77. The fraction of sp³-hybridized carbons (Fsp3) is 0. The third-order valence-corrected chi connectivity index (χ3v) is 4.16. The third-order valence-electron chi connectivity index (χ3n) is 3.65. The Labute approximate surface area is 148 Å². The number of nitrogens with one attached hydrogen (secondary N) is 2. The number of hydrogen-bond donors (Lipinski definition) is 3. The molecule has 6 heteroatoms. The van der Waals surface area contributed by atoms with Gasteiger partial charge in [-0.05, 0) is 29.8 Å². The van der Waals surface area contributed by atoms with Crippen molar-refractivity contribution in [3.63, 3.8) is 0 Å². The van der Waals surface area contributed by atoms with Crippen LogP contribution < -0.4 is 0 Å². The highest BCUT2D eigenvalue weighted by Crippen LogP contribution is 2.33. The summed E-state index contributed by atoms with van der Waals surface area (Å²) in [6.07, 6.45) is 0.625. The molecule has 0 saturated carbocycles. The average Bonchev–Trinajstić information content (AvgIpc) is 2.92. The first-order chi connectivity index (χ1) is 11.5. The van der Waals surface area contributed by atoms with Crippen molar-refractivity contribution in [3.05, 3.63) is 75.3 Å². The van der Waals surface area contributed by atoms with Crippen LogP contribution in [-0.4, -0.2) is 22.1 Å². The first-order valence-electron chi connectivity index (χ1n) is 7.02. The lowest BCUT2D eigenvalue weighted by molar-refractivity contribution is 0.112. The zero-order chi connectivity index (χ0) is 17.3. The lowest BCUT2D eigenvalue weighted by Gasteiger charge is -2.05. The molecule has 2 aromatic carbocycles. The molecule has 1 aromatic heterocycles. The molecule has 3 aromatic rings. The number of benzene rings is 2. The minimum atomic E-state index is -0.234. The van der Waals surface area contributed by atoms with Gasteiger partial charge in [0.05, 0.1) is 22.5 Å². The smallest absolute Gasteiger partial charge is 0.199 e. The minimum absolute atomic E-state index is 0.0303. The van der Waals surface area contributed by atoms with Crippen molar-refractivity contribution >= 4 is 35.2 Å². The summed E-state index contributed by atoms with van der Waals surface area (Å²) in [4.78, 5) is 14.4. The van der Waals surface area contributed by atoms with Gasteiger partial charge in [-0.25, -0.2) is 0 Å². The van der Waals surface area contributed by atoms with Crippen LogP contribution in [0.15, 0.2) is 48.5 Å². The summed E-state index contributed by atoms with van der Waals surface area (Å²) < 4.78 is 0. The maximum atomic E-state index is 11.6. The molecule has 0 unspecified atom stereocenters. The van der Waals surface area contributed by atoms with Crippen LogP contribution >= 0.6 is 23.2 Å². The zero-order valence-corrected chi connectivity index (χ0v) is 13.8. The van der Waals surface area contributed by atoms with Crippen LogP contribution in [0.2, 0.25) is 10.0 Å². The molecule has 120 valence electrons. The molecule has 1 heterocycles. The quantitative estimate of drug-likeness (QED) is 0.457. The first kappa shape index (κ1) is 16.3. The fourth-order valence-corrected chi connectivity index (χ4v) is 2.73. The summed E-state index contributed by atoms with van der Waals surface area (Å²) >= 11 is 11.7. The van der Waals surface area contributed by atoms with Crippen molar-refractivity contribution in [2.45, 2.75) is 0 Å². The van der Waals surface area contributed by atoms with E-state index in [4.69, 9.17) is 28.6 Å². The maximum Gasteiger partial charge on any atom is 0.199 e. The molecule has 0 aliphatic rings. The Bertz CT molecular complexity index is 913. The van der Waals surface area contributed by atoms with Gasteiger partial charge < -0.3 is 10.1 Å². The van der Waals surface area contributed by atoms with Gasteiger partial charge in [0.2, 0.25) is 0 Å². The number of H-pyrrole nitrogens is 1. The number of aromatic nitrogens is 1. The largest absolute Gasteiger partial charge is 0.494 e. The molecule has 0 bridgehead atoms. The number of rotatable bonds is 4. The predicted molar refractivity (Wildman–Crippen MR) is 95.7 cm³/mol. The van der Waals surface area contributed by atoms with E-state index < -0.39 is 0 Å². The third kappa shape index (κ3) is 2.94. The Balaban J connectivity index is 2.12. The predicted octanol–water partition coefficient (Wildman–Crippen LogP) is 4.92. The Morgan fingerprint density at radius 3 is 2.08 bits per heavy atom. The lowest BCUT2D eigenvalue weighted by atomic mass is 9.98. The van der Waals surface area contributed by atoms with Crippen molar-refractivity contribution in [1.29, 1.82) is 5.41 Å². The van der Waals surface area contributed by atoms with E-state index in [2.05, 4.69) is 4.98 Å². The van der Waals surface area contributed by atoms with Crippen molar-refractivity contribution in [3.8, 4) is 17.1 Å². The number of aldehydes is 1. The van der Waals surface area contributed by atoms with Gasteiger partial charge in [-0.1, -0.05) is 47.5 Å². The van der Waals surface area contributed by atoms with E-state index in [9.17, 15) is 9.90 Å². The standard InChI is InChI=1S/C18H12Cl2N2O2/c19-12-5-1-10(2-6-12)16(21)15-14(9-23)17(22-18(15)24)11-3-7-13(20)8-4-11/h1-9,21-22,24H. The number of carbonyl (C=O) groups excluding carboxylic acids is 1. The van der Waals surface area contributed by atoms with Gasteiger partial charge in [0.15, 0.2) is 12.2 Å². The highest BCUT2D eigenvalue weighted by molar-refractivity contribution is 6.31. The number of aromatic amines is 1. The van der Waals surface area contributed by atoms with Crippen LogP contribution in [-0.2, 0) is 0 Å². The van der Waals surface area contributed by atoms with Gasteiger partial charge in [0, 0.05) is 15.6 Å². The summed E-state index contributed by atoms with van der Waals surface area (Å²) in [6, 6.07) is 13.5. The van der Waals surface area contributed by atoms with E-state index in [0.29, 0.717) is 33.2 Å². The molecule has 0 aliphatic heterocycles. The number of hydrogen-bond acceptors (Lipinski definition) is 3. The van der Waals surface area contributed by atoms with E-state index in [1.165, 1.54) is 0 Å². The van der Waals surface area contributed by atoms with Crippen molar-refractivity contribution in [1.82, 2.24) is 4.98 Å².